The Hall–Kier alpha value is -1.18. The Morgan fingerprint density at radius 1 is 1.37 bits per heavy atom. The predicted octanol–water partition coefficient (Wildman–Crippen LogP) is -0.581. The molecule has 2 N–H and O–H groups in total. The van der Waals surface area contributed by atoms with Gasteiger partial charge in [0.05, 0.1) is 0 Å². The third-order valence-corrected chi connectivity index (χ3v) is 4.03. The molecule has 1 aromatic heterocycles. The van der Waals surface area contributed by atoms with Gasteiger partial charge < -0.3 is 0 Å². The van der Waals surface area contributed by atoms with E-state index in [1.165, 1.54) is 0 Å². The number of hydrogen-bond acceptors (Lipinski definition) is 4. The van der Waals surface area contributed by atoms with Crippen LogP contribution in [-0.4, -0.2) is 14.7 Å². The van der Waals surface area contributed by atoms with Crippen molar-refractivity contribution in [3.63, 3.8) is 0 Å². The molecule has 5 nitrogen and oxygen atoms in total. The van der Waals surface area contributed by atoms with Crippen LogP contribution in [0.4, 0.5) is 11.6 Å². The van der Waals surface area contributed by atoms with Crippen molar-refractivity contribution in [2.24, 2.45) is 5.92 Å². The Kier molecular flexibility index (Phi) is 6.75. The van der Waals surface area contributed by atoms with Gasteiger partial charge in [0, 0.05) is 0 Å². The Balaban J connectivity index is 2.61. The van der Waals surface area contributed by atoms with Gasteiger partial charge in [-0.25, -0.2) is 0 Å². The van der Waals surface area contributed by atoms with Crippen LogP contribution in [0.3, 0.4) is 0 Å². The Bertz CT molecular complexity index is 451. The number of aromatic nitrogens is 1. The summed E-state index contributed by atoms with van der Waals surface area (Å²) in [5, 5.41) is 2.79. The van der Waals surface area contributed by atoms with Crippen LogP contribution in [-0.2, 0) is 9.59 Å². The molecule has 1 unspecified atom stereocenters. The second-order valence-corrected chi connectivity index (χ2v) is 6.84. The van der Waals surface area contributed by atoms with E-state index in [0.29, 0.717) is 11.6 Å². The third kappa shape index (κ3) is 6.00. The summed E-state index contributed by atoms with van der Waals surface area (Å²) in [4.78, 5) is 27.1. The quantitative estimate of drug-likeness (QED) is 0.380. The molecule has 1 amide bonds. The zero-order valence-corrected chi connectivity index (χ0v) is 13.5. The molecule has 1 rings (SSSR count). The first-order valence-electron chi connectivity index (χ1n) is 6.21. The van der Waals surface area contributed by atoms with Gasteiger partial charge in [-0.15, -0.1) is 0 Å². The molecule has 0 radical (unpaired) electrons. The van der Waals surface area contributed by atoms with Crippen molar-refractivity contribution in [2.75, 3.05) is 8.85 Å². The minimum atomic E-state index is -0.730. The number of carbonyl (C=O) groups is 2. The third-order valence-electron chi connectivity index (χ3n) is 2.45. The maximum absolute atomic E-state index is 11.9. The fourth-order valence-corrected chi connectivity index (χ4v) is 2.44. The van der Waals surface area contributed by atoms with Crippen molar-refractivity contribution in [3.8, 4) is 0 Å². The first-order chi connectivity index (χ1) is 9.02. The SMILES string of the molecule is CCCC(C)C(=O)Nc1cccc(N[I-]C(C)=O)n1. The van der Waals surface area contributed by atoms with Crippen molar-refractivity contribution in [1.29, 1.82) is 0 Å². The van der Waals surface area contributed by atoms with E-state index in [2.05, 4.69) is 20.8 Å². The van der Waals surface area contributed by atoms with Crippen LogP contribution in [0.1, 0.15) is 33.6 Å². The summed E-state index contributed by atoms with van der Waals surface area (Å²) in [6, 6.07) is 5.33. The number of carbonyl (C=O) groups excluding carboxylic acids is 2. The summed E-state index contributed by atoms with van der Waals surface area (Å²) in [5.74, 6) is 1.11. The first-order valence-corrected chi connectivity index (χ1v) is 8.37. The van der Waals surface area contributed by atoms with Crippen molar-refractivity contribution in [1.82, 2.24) is 4.98 Å². The second kappa shape index (κ2) is 8.08. The molecule has 1 heterocycles. The molecule has 1 aromatic rings. The molecule has 106 valence electrons. The summed E-state index contributed by atoms with van der Waals surface area (Å²) >= 11 is -0.730. The molecular formula is C13H19IN3O2-. The number of nitrogens with one attached hydrogen (secondary N) is 2. The number of hydrogen-bond donors (Lipinski definition) is 2. The van der Waals surface area contributed by atoms with E-state index in [0.717, 1.165) is 12.8 Å². The second-order valence-electron chi connectivity index (χ2n) is 4.25. The fraction of sp³-hybridized carbons (Fsp3) is 0.462. The minimum absolute atomic E-state index is 0.0203. The van der Waals surface area contributed by atoms with Gasteiger partial charge in [0.25, 0.3) is 0 Å². The molecule has 19 heavy (non-hydrogen) atoms. The summed E-state index contributed by atoms with van der Waals surface area (Å²) in [6.07, 6.45) is 1.84. The molecule has 0 spiro atoms. The van der Waals surface area contributed by atoms with Crippen LogP contribution in [0.15, 0.2) is 18.2 Å². The van der Waals surface area contributed by atoms with Crippen LogP contribution in [0.2, 0.25) is 0 Å². The van der Waals surface area contributed by atoms with Crippen molar-refractivity contribution in [2.45, 2.75) is 33.6 Å². The van der Waals surface area contributed by atoms with E-state index in [4.69, 9.17) is 0 Å². The van der Waals surface area contributed by atoms with Crippen molar-refractivity contribution in [3.05, 3.63) is 18.2 Å². The number of halogens is 1. The molecule has 0 saturated heterocycles. The van der Waals surface area contributed by atoms with Gasteiger partial charge >= 0.3 is 124 Å². The van der Waals surface area contributed by atoms with Crippen LogP contribution in [0, 0.1) is 5.92 Å². The number of anilines is 2. The number of pyridine rings is 1. The Morgan fingerprint density at radius 2 is 2.05 bits per heavy atom. The van der Waals surface area contributed by atoms with E-state index in [-0.39, 0.29) is 15.6 Å². The summed E-state index contributed by atoms with van der Waals surface area (Å²) in [7, 11) is 0. The van der Waals surface area contributed by atoms with E-state index in [1.807, 2.05) is 6.92 Å². The van der Waals surface area contributed by atoms with E-state index in [9.17, 15) is 9.59 Å². The van der Waals surface area contributed by atoms with Gasteiger partial charge in [-0.05, 0) is 0 Å². The molecule has 6 heteroatoms. The molecule has 0 saturated carbocycles. The number of nitrogens with zero attached hydrogens (tertiary/aromatic N) is 1. The van der Waals surface area contributed by atoms with Gasteiger partial charge in [0.1, 0.15) is 0 Å². The zero-order chi connectivity index (χ0) is 14.3. The molecule has 0 aliphatic rings. The number of amides is 1. The number of rotatable bonds is 7. The van der Waals surface area contributed by atoms with Gasteiger partial charge in [0.2, 0.25) is 0 Å². The van der Waals surface area contributed by atoms with Gasteiger partial charge in [-0.1, -0.05) is 0 Å². The van der Waals surface area contributed by atoms with Crippen LogP contribution < -0.4 is 30.3 Å². The average molecular weight is 376 g/mol. The maximum atomic E-state index is 11.9. The summed E-state index contributed by atoms with van der Waals surface area (Å²) in [6.45, 7) is 5.51. The Morgan fingerprint density at radius 3 is 2.68 bits per heavy atom. The molecule has 0 aliphatic carbocycles. The van der Waals surface area contributed by atoms with Gasteiger partial charge in [-0.3, -0.25) is 0 Å². The fourth-order valence-electron chi connectivity index (χ4n) is 1.49. The molecule has 0 bridgehead atoms. The van der Waals surface area contributed by atoms with Crippen molar-refractivity contribution >= 4 is 21.3 Å². The molecular weight excluding hydrogens is 357 g/mol. The van der Waals surface area contributed by atoms with E-state index >= 15 is 0 Å². The summed E-state index contributed by atoms with van der Waals surface area (Å²) < 4.78 is 3.16. The summed E-state index contributed by atoms with van der Waals surface area (Å²) in [5.41, 5.74) is 0. The first kappa shape index (κ1) is 15.9. The van der Waals surface area contributed by atoms with Gasteiger partial charge in [0.15, 0.2) is 0 Å². The predicted molar refractivity (Wildman–Crippen MR) is 71.2 cm³/mol. The normalized spacial score (nSPS) is 11.9. The topological polar surface area (TPSA) is 71.1 Å². The monoisotopic (exact) mass is 376 g/mol. The standard InChI is InChI=1S/C13H19IN3O2/c1-4-6-9(2)13(19)16-11-7-5-8-12(15-11)17-14-10(3)18/h5,7-9H,4,6H2,1-3H3,(H2,15,16,17,19)/q-1. The van der Waals surface area contributed by atoms with E-state index < -0.39 is 21.5 Å². The molecule has 0 aliphatic heterocycles. The van der Waals surface area contributed by atoms with Crippen LogP contribution >= 0.6 is 0 Å². The Labute approximate surface area is 124 Å². The van der Waals surface area contributed by atoms with Crippen molar-refractivity contribution < 1.29 is 31.1 Å². The van der Waals surface area contributed by atoms with Gasteiger partial charge in [-0.2, -0.15) is 0 Å². The van der Waals surface area contributed by atoms with E-state index in [1.54, 1.807) is 25.1 Å². The average Bonchev–Trinajstić information content (AvgIpc) is 2.37. The molecule has 0 aromatic carbocycles. The van der Waals surface area contributed by atoms with Crippen LogP contribution in [0.25, 0.3) is 0 Å². The zero-order valence-electron chi connectivity index (χ0n) is 11.4. The van der Waals surface area contributed by atoms with Crippen LogP contribution in [0.5, 0.6) is 0 Å². The molecule has 0 fully saturated rings. The molecule has 1 atom stereocenters.